The highest BCUT2D eigenvalue weighted by Crippen LogP contribution is 2.38. The fraction of sp³-hybridized carbons (Fsp3) is 0.438. The van der Waals surface area contributed by atoms with Crippen LogP contribution in [-0.2, 0) is 4.79 Å². The molecular formula is C16H20ClNO3. The molecule has 0 unspecified atom stereocenters. The minimum atomic E-state index is 0.186. The van der Waals surface area contributed by atoms with Gasteiger partial charge in [0.25, 0.3) is 0 Å². The Morgan fingerprint density at radius 1 is 1.33 bits per heavy atom. The first-order valence-electron chi connectivity index (χ1n) is 6.97. The van der Waals surface area contributed by atoms with Gasteiger partial charge in [0.15, 0.2) is 17.3 Å². The van der Waals surface area contributed by atoms with E-state index < -0.39 is 0 Å². The quantitative estimate of drug-likeness (QED) is 0.801. The normalized spacial score (nSPS) is 18.1. The second-order valence-corrected chi connectivity index (χ2v) is 5.29. The highest BCUT2D eigenvalue weighted by Gasteiger charge is 2.21. The molecule has 21 heavy (non-hydrogen) atoms. The fourth-order valence-electron chi connectivity index (χ4n) is 2.43. The Morgan fingerprint density at radius 3 is 2.71 bits per heavy atom. The number of likely N-dealkylation sites (N-methyl/N-ethyl adjacent to an activating group) is 1. The van der Waals surface area contributed by atoms with Crippen molar-refractivity contribution in [2.45, 2.75) is 13.3 Å². The molecule has 0 atom stereocenters. The van der Waals surface area contributed by atoms with Crippen LogP contribution in [0.15, 0.2) is 17.7 Å². The van der Waals surface area contributed by atoms with Gasteiger partial charge in [-0.25, -0.2) is 0 Å². The van der Waals surface area contributed by atoms with E-state index in [1.54, 1.807) is 20.3 Å². The lowest BCUT2D eigenvalue weighted by Gasteiger charge is -2.26. The molecule has 1 heterocycles. The lowest BCUT2D eigenvalue weighted by Crippen LogP contribution is -2.35. The molecule has 1 fully saturated rings. The largest absolute Gasteiger partial charge is 0.493 e. The molecule has 0 N–H and O–H groups in total. The summed E-state index contributed by atoms with van der Waals surface area (Å²) in [6, 6.07) is 3.64. The fourth-order valence-corrected chi connectivity index (χ4v) is 2.72. The van der Waals surface area contributed by atoms with Crippen LogP contribution < -0.4 is 9.47 Å². The third-order valence-corrected chi connectivity index (χ3v) is 4.09. The summed E-state index contributed by atoms with van der Waals surface area (Å²) in [5.74, 6) is 1.25. The number of rotatable bonds is 4. The van der Waals surface area contributed by atoms with Gasteiger partial charge < -0.3 is 9.47 Å². The molecule has 1 saturated heterocycles. The molecule has 5 heteroatoms. The van der Waals surface area contributed by atoms with Crippen molar-refractivity contribution in [1.82, 2.24) is 4.90 Å². The minimum Gasteiger partial charge on any atom is -0.493 e. The topological polar surface area (TPSA) is 38.8 Å². The van der Waals surface area contributed by atoms with Gasteiger partial charge in [0.2, 0.25) is 0 Å². The molecule has 1 aliphatic heterocycles. The third kappa shape index (κ3) is 3.39. The van der Waals surface area contributed by atoms with Crippen LogP contribution in [0.5, 0.6) is 11.5 Å². The number of piperidine rings is 1. The Kier molecular flexibility index (Phi) is 5.26. The highest BCUT2D eigenvalue weighted by molar-refractivity contribution is 6.34. The Bertz CT molecular complexity index is 569. The summed E-state index contributed by atoms with van der Waals surface area (Å²) >= 11 is 6.36. The van der Waals surface area contributed by atoms with Crippen LogP contribution in [0.3, 0.4) is 0 Å². The summed E-state index contributed by atoms with van der Waals surface area (Å²) in [6.07, 6.45) is 2.42. The third-order valence-electron chi connectivity index (χ3n) is 3.70. The number of Topliss-reactive ketones (excluding diaryl/α,β-unsaturated/α-hetero) is 1. The first kappa shape index (κ1) is 15.9. The van der Waals surface area contributed by atoms with Crippen LogP contribution in [0.1, 0.15) is 18.9 Å². The first-order chi connectivity index (χ1) is 10.1. The van der Waals surface area contributed by atoms with Crippen molar-refractivity contribution < 1.29 is 14.3 Å². The monoisotopic (exact) mass is 309 g/mol. The minimum absolute atomic E-state index is 0.186. The van der Waals surface area contributed by atoms with E-state index in [1.165, 1.54) is 0 Å². The van der Waals surface area contributed by atoms with Gasteiger partial charge in [-0.15, -0.1) is 0 Å². The molecule has 1 aromatic carbocycles. The summed E-state index contributed by atoms with van der Waals surface area (Å²) in [7, 11) is 3.11. The van der Waals surface area contributed by atoms with Crippen LogP contribution in [0, 0.1) is 0 Å². The molecule has 0 saturated carbocycles. The van der Waals surface area contributed by atoms with Crippen LogP contribution in [-0.4, -0.2) is 44.5 Å². The molecule has 1 aliphatic rings. The van der Waals surface area contributed by atoms with Gasteiger partial charge in [0, 0.05) is 25.1 Å². The first-order valence-corrected chi connectivity index (χ1v) is 7.35. The molecule has 2 rings (SSSR count). The van der Waals surface area contributed by atoms with E-state index in [2.05, 4.69) is 11.8 Å². The Balaban J connectivity index is 2.37. The summed E-state index contributed by atoms with van der Waals surface area (Å²) in [6.45, 7) is 4.52. The van der Waals surface area contributed by atoms with E-state index >= 15 is 0 Å². The molecule has 0 radical (unpaired) electrons. The number of likely N-dealkylation sites (tertiary alicyclic amines) is 1. The number of ether oxygens (including phenoxy) is 2. The van der Waals surface area contributed by atoms with Crippen LogP contribution in [0.25, 0.3) is 6.08 Å². The molecule has 114 valence electrons. The molecule has 0 bridgehead atoms. The Labute approximate surface area is 130 Å². The average molecular weight is 310 g/mol. The number of benzene rings is 1. The van der Waals surface area contributed by atoms with Gasteiger partial charge in [-0.1, -0.05) is 18.5 Å². The van der Waals surface area contributed by atoms with E-state index in [1.807, 2.05) is 12.1 Å². The van der Waals surface area contributed by atoms with Crippen molar-refractivity contribution in [3.63, 3.8) is 0 Å². The van der Waals surface area contributed by atoms with Crippen LogP contribution in [0.4, 0.5) is 0 Å². The summed E-state index contributed by atoms with van der Waals surface area (Å²) in [4.78, 5) is 14.3. The van der Waals surface area contributed by atoms with Crippen LogP contribution in [0.2, 0.25) is 5.02 Å². The number of ketones is 1. The number of hydrogen-bond acceptors (Lipinski definition) is 4. The van der Waals surface area contributed by atoms with Gasteiger partial charge in [-0.05, 0) is 30.3 Å². The zero-order valence-electron chi connectivity index (χ0n) is 12.6. The molecule has 0 amide bonds. The van der Waals surface area contributed by atoms with Crippen molar-refractivity contribution in [2.24, 2.45) is 0 Å². The van der Waals surface area contributed by atoms with E-state index in [-0.39, 0.29) is 5.78 Å². The summed E-state index contributed by atoms with van der Waals surface area (Å²) < 4.78 is 10.5. The number of hydrogen-bond donors (Lipinski definition) is 0. The van der Waals surface area contributed by atoms with Crippen molar-refractivity contribution in [2.75, 3.05) is 33.9 Å². The predicted molar refractivity (Wildman–Crippen MR) is 84.3 cm³/mol. The summed E-state index contributed by atoms with van der Waals surface area (Å²) in [5, 5.41) is 0.464. The molecular weight excluding hydrogens is 290 g/mol. The SMILES string of the molecule is CCN1CCC(=O)/C(=C/c2ccc(OC)c(OC)c2Cl)C1. The van der Waals surface area contributed by atoms with Crippen molar-refractivity contribution in [3.05, 3.63) is 28.3 Å². The number of methoxy groups -OCH3 is 2. The second-order valence-electron chi connectivity index (χ2n) is 4.92. The predicted octanol–water partition coefficient (Wildman–Crippen LogP) is 3.04. The average Bonchev–Trinajstić information content (AvgIpc) is 2.50. The van der Waals surface area contributed by atoms with Crippen molar-refractivity contribution in [3.8, 4) is 11.5 Å². The number of carbonyl (C=O) groups excluding carboxylic acids is 1. The molecule has 0 aliphatic carbocycles. The molecule has 4 nitrogen and oxygen atoms in total. The molecule has 0 spiro atoms. The van der Waals surface area contributed by atoms with Gasteiger partial charge in [0.1, 0.15) is 0 Å². The number of carbonyl (C=O) groups is 1. The lowest BCUT2D eigenvalue weighted by atomic mass is 10.00. The molecule has 1 aromatic rings. The maximum atomic E-state index is 12.1. The van der Waals surface area contributed by atoms with Crippen molar-refractivity contribution in [1.29, 1.82) is 0 Å². The zero-order valence-corrected chi connectivity index (χ0v) is 13.4. The van der Waals surface area contributed by atoms with Gasteiger partial charge >= 0.3 is 0 Å². The van der Waals surface area contributed by atoms with Crippen molar-refractivity contribution >= 4 is 23.5 Å². The van der Waals surface area contributed by atoms with Gasteiger partial charge in [-0.2, -0.15) is 0 Å². The Morgan fingerprint density at radius 2 is 2.10 bits per heavy atom. The van der Waals surface area contributed by atoms with Gasteiger partial charge in [-0.3, -0.25) is 9.69 Å². The van der Waals surface area contributed by atoms with Gasteiger partial charge in [0.05, 0.1) is 19.2 Å². The van der Waals surface area contributed by atoms with E-state index in [9.17, 15) is 4.79 Å². The summed E-state index contributed by atoms with van der Waals surface area (Å²) in [5.41, 5.74) is 1.56. The van der Waals surface area contributed by atoms with E-state index in [0.717, 1.165) is 24.2 Å². The van der Waals surface area contributed by atoms with E-state index in [4.69, 9.17) is 21.1 Å². The lowest BCUT2D eigenvalue weighted by molar-refractivity contribution is -0.117. The Hall–Kier alpha value is -1.52. The number of nitrogens with zero attached hydrogens (tertiary/aromatic N) is 1. The standard InChI is InChI=1S/C16H20ClNO3/c1-4-18-8-7-13(19)12(10-18)9-11-5-6-14(20-2)16(21-3)15(11)17/h5-6,9H,4,7-8,10H2,1-3H3/b12-9+. The van der Waals surface area contributed by atoms with Crippen LogP contribution >= 0.6 is 11.6 Å². The molecule has 0 aromatic heterocycles. The smallest absolute Gasteiger partial charge is 0.179 e. The zero-order chi connectivity index (χ0) is 15.4. The second kappa shape index (κ2) is 6.96. The maximum absolute atomic E-state index is 12.1. The maximum Gasteiger partial charge on any atom is 0.179 e. The van der Waals surface area contributed by atoms with E-state index in [0.29, 0.717) is 29.5 Å². The highest BCUT2D eigenvalue weighted by atomic mass is 35.5. The number of halogens is 1.